The number of alkyl halides is 3. The topological polar surface area (TPSA) is 69.0 Å². The molecule has 0 bridgehead atoms. The third kappa shape index (κ3) is 5.32. The Morgan fingerprint density at radius 2 is 1.97 bits per heavy atom. The number of benzene rings is 1. The molecule has 2 aliphatic rings. The van der Waals surface area contributed by atoms with Crippen LogP contribution in [0.3, 0.4) is 0 Å². The van der Waals surface area contributed by atoms with E-state index < -0.39 is 18.0 Å². The van der Waals surface area contributed by atoms with Crippen LogP contribution in [0.5, 0.6) is 0 Å². The molecule has 1 saturated carbocycles. The normalized spacial score (nSPS) is 24.8. The predicted molar refractivity (Wildman–Crippen MR) is 122 cm³/mol. The first-order chi connectivity index (χ1) is 15.8. The molecule has 3 atom stereocenters. The van der Waals surface area contributed by atoms with Gasteiger partial charge in [-0.25, -0.2) is 18.2 Å². The Labute approximate surface area is 195 Å². The molecule has 4 rings (SSSR count). The Hall–Kier alpha value is -2.60. The summed E-state index contributed by atoms with van der Waals surface area (Å²) in [6.45, 7) is 2.45. The van der Waals surface area contributed by atoms with Crippen LogP contribution >= 0.6 is 11.3 Å². The van der Waals surface area contributed by atoms with Crippen molar-refractivity contribution in [1.82, 2.24) is 10.3 Å². The molecule has 9 heteroatoms. The molecular weight excluding hydrogens is 449 g/mol. The largest absolute Gasteiger partial charge is 0.371 e. The molecule has 1 aliphatic heterocycles. The fraction of sp³-hybridized carbons (Fsp3) is 0.542. The van der Waals surface area contributed by atoms with Crippen molar-refractivity contribution in [2.45, 2.75) is 57.0 Å². The van der Waals surface area contributed by atoms with Crippen LogP contribution in [-0.2, 0) is 4.79 Å². The van der Waals surface area contributed by atoms with Gasteiger partial charge >= 0.3 is 0 Å². The second kappa shape index (κ2) is 9.72. The molecule has 1 aromatic carbocycles. The summed E-state index contributed by atoms with van der Waals surface area (Å²) in [4.78, 5) is 20.3. The van der Waals surface area contributed by atoms with Gasteiger partial charge in [-0.3, -0.25) is 4.79 Å². The minimum absolute atomic E-state index is 0.105. The highest BCUT2D eigenvalue weighted by atomic mass is 32.1. The van der Waals surface area contributed by atoms with Crippen molar-refractivity contribution in [3.8, 4) is 16.5 Å². The number of anilines is 1. The molecular formula is C24H27F3N4OS. The molecule has 2 aromatic rings. The van der Waals surface area contributed by atoms with Gasteiger partial charge < -0.3 is 10.2 Å². The number of nitrogens with one attached hydrogen (secondary N) is 1. The number of piperidine rings is 1. The molecule has 0 spiro atoms. The van der Waals surface area contributed by atoms with Crippen molar-refractivity contribution in [3.63, 3.8) is 0 Å². The van der Waals surface area contributed by atoms with Crippen molar-refractivity contribution in [2.75, 3.05) is 24.5 Å². The van der Waals surface area contributed by atoms with E-state index in [2.05, 4.69) is 5.32 Å². The van der Waals surface area contributed by atoms with E-state index in [1.807, 2.05) is 42.2 Å². The van der Waals surface area contributed by atoms with Crippen LogP contribution in [0.25, 0.3) is 10.4 Å². The third-order valence-corrected chi connectivity index (χ3v) is 7.60. The van der Waals surface area contributed by atoms with E-state index in [0.29, 0.717) is 25.9 Å². The summed E-state index contributed by atoms with van der Waals surface area (Å²) in [5, 5.41) is 12.2. The first-order valence-electron chi connectivity index (χ1n) is 11.3. The minimum Gasteiger partial charge on any atom is -0.371 e. The van der Waals surface area contributed by atoms with E-state index in [1.54, 1.807) is 0 Å². The predicted octanol–water partition coefficient (Wildman–Crippen LogP) is 5.22. The van der Waals surface area contributed by atoms with Gasteiger partial charge in [-0.15, -0.1) is 11.3 Å². The number of halogens is 3. The van der Waals surface area contributed by atoms with Crippen LogP contribution in [0.1, 0.15) is 48.7 Å². The first-order valence-corrected chi connectivity index (χ1v) is 12.1. The zero-order chi connectivity index (χ0) is 23.6. The van der Waals surface area contributed by atoms with Gasteiger partial charge in [0.15, 0.2) is 0 Å². The number of carbonyl (C=O) groups is 1. The summed E-state index contributed by atoms with van der Waals surface area (Å²) in [7, 11) is 0. The second-order valence-corrected chi connectivity index (χ2v) is 10.0. The molecule has 2 fully saturated rings. The highest BCUT2D eigenvalue weighted by Gasteiger charge is 2.39. The molecule has 0 radical (unpaired) electrons. The number of aromatic nitrogens is 1. The number of nitriles is 1. The Kier molecular flexibility index (Phi) is 6.94. The summed E-state index contributed by atoms with van der Waals surface area (Å²) in [6, 6.07) is 9.70. The van der Waals surface area contributed by atoms with Crippen molar-refractivity contribution in [3.05, 3.63) is 35.0 Å². The quantitative estimate of drug-likeness (QED) is 0.601. The summed E-state index contributed by atoms with van der Waals surface area (Å²) in [5.74, 6) is -3.69. The molecule has 1 aliphatic carbocycles. The fourth-order valence-electron chi connectivity index (χ4n) is 4.81. The Bertz CT molecular complexity index is 1020. The minimum atomic E-state index is -2.58. The lowest BCUT2D eigenvalue weighted by molar-refractivity contribution is -0.127. The van der Waals surface area contributed by atoms with E-state index >= 15 is 0 Å². The van der Waals surface area contributed by atoms with Crippen LogP contribution in [0.4, 0.5) is 18.9 Å². The smallest absolute Gasteiger partial charge is 0.251 e. The van der Waals surface area contributed by atoms with E-state index in [-0.39, 0.29) is 37.6 Å². The maximum atomic E-state index is 14.2. The summed E-state index contributed by atoms with van der Waals surface area (Å²) in [5.41, 5.74) is 2.65. The lowest BCUT2D eigenvalue weighted by Crippen LogP contribution is -2.39. The molecule has 1 aromatic heterocycles. The lowest BCUT2D eigenvalue weighted by atomic mass is 9.75. The molecule has 5 nitrogen and oxygen atoms in total. The van der Waals surface area contributed by atoms with Crippen molar-refractivity contribution in [1.29, 1.82) is 5.26 Å². The number of hydrogen-bond donors (Lipinski definition) is 1. The Morgan fingerprint density at radius 3 is 2.64 bits per heavy atom. The van der Waals surface area contributed by atoms with Gasteiger partial charge in [0, 0.05) is 43.5 Å². The highest BCUT2D eigenvalue weighted by molar-refractivity contribution is 7.15. The number of amides is 1. The Balaban J connectivity index is 1.58. The fourth-order valence-corrected chi connectivity index (χ4v) is 5.81. The van der Waals surface area contributed by atoms with E-state index in [4.69, 9.17) is 10.2 Å². The maximum Gasteiger partial charge on any atom is 0.251 e. The summed E-state index contributed by atoms with van der Waals surface area (Å²) < 4.78 is 41.2. The molecule has 1 saturated heterocycles. The number of carbonyl (C=O) groups excluding carboxylic acids is 1. The van der Waals surface area contributed by atoms with Crippen LogP contribution in [0, 0.1) is 24.2 Å². The van der Waals surface area contributed by atoms with E-state index in [0.717, 1.165) is 26.8 Å². The van der Waals surface area contributed by atoms with Gasteiger partial charge in [-0.1, -0.05) is 12.1 Å². The average Bonchev–Trinajstić information content (AvgIpc) is 3.19. The molecule has 33 heavy (non-hydrogen) atoms. The monoisotopic (exact) mass is 476 g/mol. The number of thiazole rings is 1. The maximum absolute atomic E-state index is 14.2. The molecule has 1 amide bonds. The number of rotatable bonds is 5. The van der Waals surface area contributed by atoms with Crippen LogP contribution in [0.15, 0.2) is 24.3 Å². The lowest BCUT2D eigenvalue weighted by Gasteiger charge is -2.33. The highest BCUT2D eigenvalue weighted by Crippen LogP contribution is 2.44. The van der Waals surface area contributed by atoms with Gasteiger partial charge in [0.2, 0.25) is 5.91 Å². The van der Waals surface area contributed by atoms with Crippen LogP contribution in [0.2, 0.25) is 0 Å². The number of nitrogens with zero attached hydrogens (tertiary/aromatic N) is 3. The summed E-state index contributed by atoms with van der Waals surface area (Å²) in [6.07, 6.45) is -0.308. The number of aryl methyl sites for hydroxylation is 1. The zero-order valence-corrected chi connectivity index (χ0v) is 19.3. The number of hydrogen-bond acceptors (Lipinski definition) is 5. The zero-order valence-electron chi connectivity index (χ0n) is 18.5. The molecule has 1 N–H and O–H groups in total. The van der Waals surface area contributed by atoms with Crippen molar-refractivity contribution in [2.24, 2.45) is 5.92 Å². The first kappa shape index (κ1) is 23.6. The van der Waals surface area contributed by atoms with Gasteiger partial charge in [-0.05, 0) is 43.9 Å². The Morgan fingerprint density at radius 1 is 1.27 bits per heavy atom. The molecule has 1 unspecified atom stereocenters. The van der Waals surface area contributed by atoms with Crippen LogP contribution in [-0.4, -0.2) is 42.6 Å². The van der Waals surface area contributed by atoms with Gasteiger partial charge in [0.05, 0.1) is 21.6 Å². The summed E-state index contributed by atoms with van der Waals surface area (Å²) >= 11 is 1.53. The average molecular weight is 477 g/mol. The molecule has 2 heterocycles. The SMILES string of the molecule is Cc1nc([C@@H]2CC[C@H](F)CC2C(=O)NCC#N)c(-c2ccc(N3CCC(F)(F)CC3)cc2)s1. The van der Waals surface area contributed by atoms with Crippen LogP contribution < -0.4 is 10.2 Å². The van der Waals surface area contributed by atoms with E-state index in [9.17, 15) is 18.0 Å². The standard InChI is InChI=1S/C24H27F3N4OS/c1-15-30-21(19-7-4-17(25)14-20(19)23(32)29-11-10-28)22(33-15)16-2-5-18(6-3-16)31-12-8-24(26,27)9-13-31/h2-3,5-6,17,19-20H,4,7-9,11-14H2,1H3,(H,29,32)/t17-,19+,20?/m0/s1. The van der Waals surface area contributed by atoms with Crippen molar-refractivity contribution < 1.29 is 18.0 Å². The molecule has 176 valence electrons. The third-order valence-electron chi connectivity index (χ3n) is 6.57. The second-order valence-electron chi connectivity index (χ2n) is 8.84. The van der Waals surface area contributed by atoms with Gasteiger partial charge in [0.1, 0.15) is 12.7 Å². The van der Waals surface area contributed by atoms with Gasteiger partial charge in [-0.2, -0.15) is 5.26 Å². The van der Waals surface area contributed by atoms with Gasteiger partial charge in [0.25, 0.3) is 5.92 Å². The van der Waals surface area contributed by atoms with Crippen molar-refractivity contribution >= 4 is 22.9 Å². The van der Waals surface area contributed by atoms with E-state index in [1.165, 1.54) is 11.3 Å².